The van der Waals surface area contributed by atoms with Gasteiger partial charge < -0.3 is 10.6 Å². The van der Waals surface area contributed by atoms with Crippen molar-refractivity contribution >= 4 is 62.6 Å². The number of hydrogen-bond acceptors (Lipinski definition) is 6. The van der Waals surface area contributed by atoms with E-state index in [4.69, 9.17) is 11.6 Å². The van der Waals surface area contributed by atoms with E-state index < -0.39 is 0 Å². The van der Waals surface area contributed by atoms with Crippen molar-refractivity contribution in [2.75, 3.05) is 5.32 Å². The number of anilines is 1. The Labute approximate surface area is 196 Å². The monoisotopic (exact) mass is 487 g/mol. The van der Waals surface area contributed by atoms with Crippen molar-refractivity contribution in [3.8, 4) is 0 Å². The van der Waals surface area contributed by atoms with Crippen LogP contribution in [-0.4, -0.2) is 16.8 Å². The van der Waals surface area contributed by atoms with Crippen molar-refractivity contribution in [1.29, 1.82) is 0 Å². The molecule has 3 aromatic heterocycles. The van der Waals surface area contributed by atoms with Gasteiger partial charge in [0, 0.05) is 15.3 Å². The van der Waals surface area contributed by atoms with Crippen LogP contribution in [0.1, 0.15) is 27.7 Å². The quantitative estimate of drug-likeness (QED) is 0.342. The summed E-state index contributed by atoms with van der Waals surface area (Å²) in [6, 6.07) is 13.0. The molecule has 0 aliphatic heterocycles. The van der Waals surface area contributed by atoms with Gasteiger partial charge in [0.05, 0.1) is 24.6 Å². The molecule has 1 atom stereocenters. The number of nitrogens with one attached hydrogen (secondary N) is 2. The van der Waals surface area contributed by atoms with Crippen LogP contribution in [0.4, 0.5) is 5.13 Å². The molecule has 0 aliphatic carbocycles. The summed E-state index contributed by atoms with van der Waals surface area (Å²) in [6.45, 7) is 0. The number of benzene rings is 1. The molecule has 0 aliphatic rings. The lowest BCUT2D eigenvalue weighted by atomic mass is 10.0. The molecule has 158 valence electrons. The zero-order valence-corrected chi connectivity index (χ0v) is 19.4. The van der Waals surface area contributed by atoms with Gasteiger partial charge in [0.15, 0.2) is 5.13 Å². The second-order valence-electron chi connectivity index (χ2n) is 6.73. The van der Waals surface area contributed by atoms with Crippen LogP contribution in [0.5, 0.6) is 0 Å². The second-order valence-corrected chi connectivity index (χ2v) is 9.84. The predicted octanol–water partition coefficient (Wildman–Crippen LogP) is 5.55. The Morgan fingerprint density at radius 2 is 1.77 bits per heavy atom. The van der Waals surface area contributed by atoms with Crippen molar-refractivity contribution in [1.82, 2.24) is 10.3 Å². The van der Waals surface area contributed by atoms with Crippen LogP contribution < -0.4 is 10.6 Å². The fourth-order valence-electron chi connectivity index (χ4n) is 3.01. The van der Waals surface area contributed by atoms with E-state index in [1.165, 1.54) is 11.3 Å². The molecule has 3 heterocycles. The van der Waals surface area contributed by atoms with E-state index in [1.54, 1.807) is 28.1 Å². The molecule has 5 nitrogen and oxygen atoms in total. The number of carbonyl (C=O) groups excluding carboxylic acids is 2. The first-order chi connectivity index (χ1) is 15.1. The molecule has 1 unspecified atom stereocenters. The highest BCUT2D eigenvalue weighted by Gasteiger charge is 2.18. The summed E-state index contributed by atoms with van der Waals surface area (Å²) in [5, 5.41) is 14.8. The average Bonchev–Trinajstić information content (AvgIpc) is 3.50. The van der Waals surface area contributed by atoms with Crippen LogP contribution in [0.2, 0.25) is 5.02 Å². The number of thiazole rings is 1. The number of rotatable bonds is 8. The Bertz CT molecular complexity index is 1140. The van der Waals surface area contributed by atoms with E-state index in [0.717, 1.165) is 16.0 Å². The average molecular weight is 488 g/mol. The van der Waals surface area contributed by atoms with E-state index in [0.29, 0.717) is 22.3 Å². The van der Waals surface area contributed by atoms with Crippen LogP contribution in [0.25, 0.3) is 0 Å². The summed E-state index contributed by atoms with van der Waals surface area (Å²) in [5.41, 5.74) is 2.59. The molecule has 9 heteroatoms. The Kier molecular flexibility index (Phi) is 7.14. The van der Waals surface area contributed by atoms with Gasteiger partial charge in [0.2, 0.25) is 11.8 Å². The number of hydrogen-bond donors (Lipinski definition) is 2. The Morgan fingerprint density at radius 3 is 2.48 bits per heavy atom. The molecule has 0 fully saturated rings. The molecule has 0 saturated carbocycles. The van der Waals surface area contributed by atoms with Crippen molar-refractivity contribution in [2.45, 2.75) is 18.9 Å². The minimum absolute atomic E-state index is 0.118. The normalized spacial score (nSPS) is 11.8. The van der Waals surface area contributed by atoms with Crippen molar-refractivity contribution in [3.63, 3.8) is 0 Å². The van der Waals surface area contributed by atoms with E-state index in [9.17, 15) is 9.59 Å². The topological polar surface area (TPSA) is 71.1 Å². The zero-order valence-electron chi connectivity index (χ0n) is 16.2. The molecule has 4 aromatic rings. The number of nitrogens with zero attached hydrogens (tertiary/aromatic N) is 1. The predicted molar refractivity (Wildman–Crippen MR) is 128 cm³/mol. The number of halogens is 1. The third-order valence-corrected chi connectivity index (χ3v) is 7.08. The fraction of sp³-hybridized carbons (Fsp3) is 0.136. The minimum atomic E-state index is -0.264. The summed E-state index contributed by atoms with van der Waals surface area (Å²) in [7, 11) is 0. The molecule has 4 rings (SSSR count). The van der Waals surface area contributed by atoms with Crippen LogP contribution in [0.3, 0.4) is 0 Å². The third kappa shape index (κ3) is 6.01. The molecule has 2 N–H and O–H groups in total. The molecule has 31 heavy (non-hydrogen) atoms. The maximum atomic E-state index is 12.7. The molecule has 0 radical (unpaired) electrons. The fourth-order valence-corrected chi connectivity index (χ4v) is 5.25. The molecular formula is C22H18ClN3O2S3. The lowest BCUT2D eigenvalue weighted by molar-refractivity contribution is -0.121. The standard InChI is InChI=1S/C22H18ClN3O2S3/c23-16-5-3-14(4-6-16)21(15-7-9-29-12-15)25-19(27)10-17-13-31-22(24-17)26-20(28)11-18-2-1-8-30-18/h1-9,12-13,21H,10-11H2,(H,25,27)(H,24,26,28). The number of amides is 2. The van der Waals surface area contributed by atoms with Gasteiger partial charge >= 0.3 is 0 Å². The zero-order chi connectivity index (χ0) is 21.6. The van der Waals surface area contributed by atoms with Crippen molar-refractivity contribution in [2.24, 2.45) is 0 Å². The lowest BCUT2D eigenvalue weighted by Gasteiger charge is -2.18. The first-order valence-corrected chi connectivity index (χ1v) is 12.5. The lowest BCUT2D eigenvalue weighted by Crippen LogP contribution is -2.30. The second kappa shape index (κ2) is 10.2. The van der Waals surface area contributed by atoms with Gasteiger partial charge in [-0.15, -0.1) is 22.7 Å². The number of aromatic nitrogens is 1. The number of carbonyl (C=O) groups is 2. The summed E-state index contributed by atoms with van der Waals surface area (Å²) in [4.78, 5) is 30.3. The molecular weight excluding hydrogens is 470 g/mol. The maximum Gasteiger partial charge on any atom is 0.231 e. The highest BCUT2D eigenvalue weighted by atomic mass is 35.5. The summed E-state index contributed by atoms with van der Waals surface area (Å²) >= 11 is 10.4. The number of thiophene rings is 2. The van der Waals surface area contributed by atoms with Crippen LogP contribution in [0.15, 0.2) is 64.0 Å². The van der Waals surface area contributed by atoms with Gasteiger partial charge in [0.1, 0.15) is 0 Å². The highest BCUT2D eigenvalue weighted by Crippen LogP contribution is 2.26. The van der Waals surface area contributed by atoms with Gasteiger partial charge in [-0.2, -0.15) is 11.3 Å². The van der Waals surface area contributed by atoms with Crippen molar-refractivity contribution < 1.29 is 9.59 Å². The molecule has 1 aromatic carbocycles. The van der Waals surface area contributed by atoms with Crippen LogP contribution in [-0.2, 0) is 22.4 Å². The Balaban J connectivity index is 1.38. The molecule has 0 spiro atoms. The third-order valence-electron chi connectivity index (χ3n) is 4.44. The SMILES string of the molecule is O=C(Cc1cccs1)Nc1nc(CC(=O)NC(c2ccc(Cl)cc2)c2ccsc2)cs1. The first-order valence-electron chi connectivity index (χ1n) is 9.40. The molecule has 0 saturated heterocycles. The van der Waals surface area contributed by atoms with Gasteiger partial charge in [-0.1, -0.05) is 29.8 Å². The minimum Gasteiger partial charge on any atom is -0.345 e. The van der Waals surface area contributed by atoms with E-state index in [-0.39, 0.29) is 24.3 Å². The van der Waals surface area contributed by atoms with E-state index in [2.05, 4.69) is 15.6 Å². The molecule has 0 bridgehead atoms. The van der Waals surface area contributed by atoms with Gasteiger partial charge in [-0.25, -0.2) is 4.98 Å². The Morgan fingerprint density at radius 1 is 0.935 bits per heavy atom. The smallest absolute Gasteiger partial charge is 0.231 e. The summed E-state index contributed by atoms with van der Waals surface area (Å²) in [5.74, 6) is -0.263. The van der Waals surface area contributed by atoms with Crippen LogP contribution in [0, 0.1) is 0 Å². The molecule has 2 amide bonds. The first kappa shape index (κ1) is 21.7. The Hall–Kier alpha value is -2.52. The van der Waals surface area contributed by atoms with Crippen molar-refractivity contribution in [3.05, 3.63) is 90.7 Å². The van der Waals surface area contributed by atoms with E-state index >= 15 is 0 Å². The summed E-state index contributed by atoms with van der Waals surface area (Å²) < 4.78 is 0. The van der Waals surface area contributed by atoms with Gasteiger partial charge in [0.25, 0.3) is 0 Å². The summed E-state index contributed by atoms with van der Waals surface area (Å²) in [6.07, 6.45) is 0.446. The van der Waals surface area contributed by atoms with Gasteiger partial charge in [-0.05, 0) is 51.5 Å². The van der Waals surface area contributed by atoms with E-state index in [1.807, 2.05) is 58.6 Å². The van der Waals surface area contributed by atoms with Gasteiger partial charge in [-0.3, -0.25) is 9.59 Å². The maximum absolute atomic E-state index is 12.7. The largest absolute Gasteiger partial charge is 0.345 e. The van der Waals surface area contributed by atoms with Crippen LogP contribution >= 0.6 is 45.6 Å². The highest BCUT2D eigenvalue weighted by molar-refractivity contribution is 7.14.